The molecule has 0 bridgehead atoms. The van der Waals surface area contributed by atoms with E-state index in [-0.39, 0.29) is 5.39 Å². The topological polar surface area (TPSA) is 336 Å². The van der Waals surface area contributed by atoms with Crippen LogP contribution in [0.4, 0.5) is 0 Å². The van der Waals surface area contributed by atoms with E-state index in [2.05, 4.69) is 4.74 Å². The van der Waals surface area contributed by atoms with Gasteiger partial charge >= 0.3 is 47.8 Å². The molecule has 4 rings (SSSR count). The third kappa shape index (κ3) is 10.3. The fourth-order valence-corrected chi connectivity index (χ4v) is 7.44. The van der Waals surface area contributed by atoms with Crippen molar-refractivity contribution >= 4 is 58.5 Å². The van der Waals surface area contributed by atoms with Crippen molar-refractivity contribution in [2.45, 2.75) is 116 Å². The quantitative estimate of drug-likeness (QED) is 0.116. The Balaban J connectivity index is 2.09. The molecular weight excluding hydrogens is 864 g/mol. The van der Waals surface area contributed by atoms with Crippen LogP contribution in [0.1, 0.15) is 65.7 Å². The molecule has 10 atom stereocenters. The average Bonchev–Trinajstić information content (AvgIpc) is 3.30. The number of phenolic OH excluding ortho intramolecular Hbond substituents is 2. The molecule has 24 heteroatoms. The van der Waals surface area contributed by atoms with Gasteiger partial charge in [-0.3, -0.25) is 38.4 Å². The predicted molar refractivity (Wildman–Crippen MR) is 205 cm³/mol. The van der Waals surface area contributed by atoms with Gasteiger partial charge in [0, 0.05) is 48.5 Å². The summed E-state index contributed by atoms with van der Waals surface area (Å²) in [5.41, 5.74) is -7.68. The van der Waals surface area contributed by atoms with Crippen LogP contribution in [0.15, 0.2) is 23.0 Å². The maximum atomic E-state index is 13.4. The van der Waals surface area contributed by atoms with E-state index in [4.69, 9.17) is 47.4 Å². The first kappa shape index (κ1) is 49.9. The molecule has 0 radical (unpaired) electrons. The van der Waals surface area contributed by atoms with Gasteiger partial charge in [0.05, 0.1) is 18.1 Å². The first-order valence-corrected chi connectivity index (χ1v) is 19.0. The second kappa shape index (κ2) is 19.7. The fourth-order valence-electron chi connectivity index (χ4n) is 7.44. The van der Waals surface area contributed by atoms with Crippen LogP contribution in [-0.2, 0) is 80.9 Å². The first-order chi connectivity index (χ1) is 29.8. The minimum atomic E-state index is -3.21. The molecule has 2 aliphatic rings. The number of methoxy groups -OCH3 is 1. The minimum Gasteiger partial charge on any atom is -0.504 e. The summed E-state index contributed by atoms with van der Waals surface area (Å²) in [4.78, 5) is 114. The lowest BCUT2D eigenvalue weighted by molar-refractivity contribution is -0.392. The highest BCUT2D eigenvalue weighted by Gasteiger charge is 2.75. The number of benzene rings is 1. The zero-order valence-corrected chi connectivity index (χ0v) is 35.7. The van der Waals surface area contributed by atoms with E-state index in [1.165, 1.54) is 0 Å². The third-order valence-electron chi connectivity index (χ3n) is 9.89. The Morgan fingerprint density at radius 2 is 1.17 bits per heavy atom. The van der Waals surface area contributed by atoms with E-state index in [1.54, 1.807) is 0 Å². The number of carbonyl (C=O) groups is 8. The number of carbonyl (C=O) groups excluding carboxylic acids is 8. The van der Waals surface area contributed by atoms with E-state index in [0.29, 0.717) is 0 Å². The van der Waals surface area contributed by atoms with Crippen LogP contribution in [0, 0.1) is 0 Å². The number of phenols is 2. The van der Waals surface area contributed by atoms with Gasteiger partial charge in [-0.05, 0) is 30.5 Å². The molecule has 2 aliphatic heterocycles. The average molecular weight is 911 g/mol. The summed E-state index contributed by atoms with van der Waals surface area (Å²) in [5.74, 6) is -12.9. The van der Waals surface area contributed by atoms with Gasteiger partial charge < -0.3 is 72.5 Å². The summed E-state index contributed by atoms with van der Waals surface area (Å²) >= 11 is 0. The van der Waals surface area contributed by atoms with Crippen molar-refractivity contribution in [1.82, 2.24) is 0 Å². The van der Waals surface area contributed by atoms with Crippen molar-refractivity contribution in [3.8, 4) is 23.0 Å². The Labute approximate surface area is 362 Å². The summed E-state index contributed by atoms with van der Waals surface area (Å²) in [7, 11) is 0.995. The van der Waals surface area contributed by atoms with Crippen LogP contribution in [0.25, 0.3) is 10.8 Å². The summed E-state index contributed by atoms with van der Waals surface area (Å²) in [6.45, 7) is 5.54. The molecule has 0 saturated carbocycles. The highest BCUT2D eigenvalue weighted by Crippen LogP contribution is 2.51. The maximum Gasteiger partial charge on any atom is 0.338 e. The fraction of sp³-hybridized carbons (Fsp3) is 0.525. The Morgan fingerprint density at radius 1 is 0.656 bits per heavy atom. The summed E-state index contributed by atoms with van der Waals surface area (Å²) < 4.78 is 61.4. The predicted octanol–water partition coefficient (Wildman–Crippen LogP) is -0.120. The zero-order valence-electron chi connectivity index (χ0n) is 35.7. The van der Waals surface area contributed by atoms with Gasteiger partial charge in [-0.1, -0.05) is 0 Å². The largest absolute Gasteiger partial charge is 0.504 e. The number of fused-ring (bicyclic) bond motifs is 1. The minimum absolute atomic E-state index is 0.370. The second-order valence-electron chi connectivity index (χ2n) is 14.6. The molecule has 2 aromatic rings. The number of ether oxygens (including phenoxy) is 11. The second-order valence-corrected chi connectivity index (χ2v) is 14.6. The maximum absolute atomic E-state index is 13.4. The van der Waals surface area contributed by atoms with Crippen molar-refractivity contribution in [2.75, 3.05) is 20.3 Å². The molecule has 0 unspecified atom stereocenters. The molecular formula is C40H46O24. The van der Waals surface area contributed by atoms with Gasteiger partial charge in [0.15, 0.2) is 47.3 Å². The van der Waals surface area contributed by atoms with Crippen LogP contribution >= 0.6 is 0 Å². The van der Waals surface area contributed by atoms with Crippen LogP contribution < -0.4 is 10.2 Å². The highest BCUT2D eigenvalue weighted by molar-refractivity contribution is 5.98. The number of esters is 8. The summed E-state index contributed by atoms with van der Waals surface area (Å²) in [6, 6.07) is 2.56. The van der Waals surface area contributed by atoms with E-state index >= 15 is 0 Å². The number of hydrogen-bond donors (Lipinski definition) is 4. The lowest BCUT2D eigenvalue weighted by Crippen LogP contribution is -2.83. The SMILES string of the molecule is COC(=O)c1cc(O)c(=O)c2c(O)c(O)c(O[C@@H]3O[C@H](COC(C)=O)[C@](O)([C@]4(C)O[C@H](COC(C)=O)[C@@H](OC(C)=O)[C@H](OC(C)=O)[C@H]4OC(C)=O)[C@H](OC(C)=O)[C@H]3OC(C)=O)cc2c1. The molecule has 0 amide bonds. The molecule has 64 heavy (non-hydrogen) atoms. The Bertz CT molecular complexity index is 2270. The lowest BCUT2D eigenvalue weighted by atomic mass is 9.66. The number of aliphatic hydroxyl groups is 1. The Hall–Kier alpha value is -6.79. The van der Waals surface area contributed by atoms with Gasteiger partial charge in [-0.25, -0.2) is 4.79 Å². The van der Waals surface area contributed by atoms with Gasteiger partial charge in [0.1, 0.15) is 31.0 Å². The molecule has 0 aromatic heterocycles. The molecule has 24 nitrogen and oxygen atoms in total. The van der Waals surface area contributed by atoms with Gasteiger partial charge in [-0.15, -0.1) is 0 Å². The molecule has 2 saturated heterocycles. The molecule has 2 heterocycles. The van der Waals surface area contributed by atoms with E-state index in [1.807, 2.05) is 0 Å². The standard InChI is InChI=1S/C40H46O24/c1-15(41)55-13-26-32(57-17(3)43)33(58-18(4)44)35(60-20(6)46)39(8,64-26)40(53)27(14-56-16(2)42)63-38(34(59-19(5)45)36(40)61-21(7)47)62-25-12-22-10-23(37(52)54-9)11-24(48)29(49)28(22)31(51)30(25)50/h10-12,26-27,32-36,38,50-51,53H,13-14H2,1-9H3,(H,48,49)/t26-,27-,32-,33+,34-,35-,36-,38-,39-,40-/m1/s1. The summed E-state index contributed by atoms with van der Waals surface area (Å²) in [6.07, 6.45) is -16.7. The highest BCUT2D eigenvalue weighted by atomic mass is 16.7. The van der Waals surface area contributed by atoms with Crippen LogP contribution in [0.5, 0.6) is 23.0 Å². The monoisotopic (exact) mass is 910 g/mol. The van der Waals surface area contributed by atoms with Crippen molar-refractivity contribution < 1.29 is 111 Å². The molecule has 350 valence electrons. The third-order valence-corrected chi connectivity index (χ3v) is 9.89. The summed E-state index contributed by atoms with van der Waals surface area (Å²) in [5, 5.41) is 45.0. The Kier molecular flexibility index (Phi) is 15.4. The number of aromatic hydroxyl groups is 3. The van der Waals surface area contributed by atoms with Gasteiger partial charge in [0.25, 0.3) is 0 Å². The van der Waals surface area contributed by atoms with Crippen molar-refractivity contribution in [2.24, 2.45) is 0 Å². The van der Waals surface area contributed by atoms with Crippen molar-refractivity contribution in [3.63, 3.8) is 0 Å². The van der Waals surface area contributed by atoms with Crippen molar-refractivity contribution in [1.29, 1.82) is 0 Å². The first-order valence-electron chi connectivity index (χ1n) is 19.0. The lowest BCUT2D eigenvalue weighted by Gasteiger charge is -2.61. The smallest absolute Gasteiger partial charge is 0.338 e. The molecule has 2 aromatic carbocycles. The van der Waals surface area contributed by atoms with Gasteiger partial charge in [0.2, 0.25) is 23.6 Å². The zero-order chi connectivity index (χ0) is 48.2. The molecule has 2 fully saturated rings. The normalized spacial score (nSPS) is 27.5. The van der Waals surface area contributed by atoms with Crippen LogP contribution in [0.3, 0.4) is 0 Å². The number of hydrogen-bond acceptors (Lipinski definition) is 24. The van der Waals surface area contributed by atoms with E-state index < -0.39 is 161 Å². The molecule has 0 aliphatic carbocycles. The molecule has 4 N–H and O–H groups in total. The van der Waals surface area contributed by atoms with Gasteiger partial charge in [-0.2, -0.15) is 0 Å². The van der Waals surface area contributed by atoms with Crippen LogP contribution in [-0.4, -0.2) is 149 Å². The van der Waals surface area contributed by atoms with E-state index in [0.717, 1.165) is 80.7 Å². The van der Waals surface area contributed by atoms with Crippen LogP contribution in [0.2, 0.25) is 0 Å². The number of rotatable bonds is 13. The Morgan fingerprint density at radius 3 is 1.70 bits per heavy atom. The van der Waals surface area contributed by atoms with Crippen molar-refractivity contribution in [3.05, 3.63) is 34.0 Å². The molecule has 0 spiro atoms. The van der Waals surface area contributed by atoms with E-state index in [9.17, 15) is 63.6 Å².